The quantitative estimate of drug-likeness (QED) is 0.502. The minimum Gasteiger partial charge on any atom is -0.455 e. The number of thioether (sulfide) groups is 1. The van der Waals surface area contributed by atoms with Crippen molar-refractivity contribution < 1.29 is 9.21 Å². The molecule has 0 unspecified atom stereocenters. The smallest absolute Gasteiger partial charge is 0.291 e. The Hall–Kier alpha value is -1.93. The van der Waals surface area contributed by atoms with Crippen LogP contribution in [0.4, 0.5) is 5.69 Å². The Morgan fingerprint density at radius 2 is 2.00 bits per heavy atom. The van der Waals surface area contributed by atoms with E-state index < -0.39 is 0 Å². The summed E-state index contributed by atoms with van der Waals surface area (Å²) in [4.78, 5) is 16.8. The lowest BCUT2D eigenvalue weighted by Crippen LogP contribution is -2.16. The predicted octanol–water partition coefficient (Wildman–Crippen LogP) is 4.51. The predicted molar refractivity (Wildman–Crippen MR) is 118 cm³/mol. The molecule has 2 heterocycles. The minimum absolute atomic E-state index is 0. The molecule has 0 atom stereocenters. The molecule has 3 rings (SSSR count). The monoisotopic (exact) mass is 442 g/mol. The molecule has 3 aromatic rings. The number of hydrogen-bond acceptors (Lipinski definition) is 5. The lowest BCUT2D eigenvalue weighted by Gasteiger charge is -2.10. The first-order valence-electron chi connectivity index (χ1n) is 8.46. The van der Waals surface area contributed by atoms with Crippen LogP contribution in [0.2, 0.25) is 0 Å². The second-order valence-corrected chi connectivity index (χ2v) is 6.71. The molecule has 0 aliphatic carbocycles. The van der Waals surface area contributed by atoms with Crippen LogP contribution in [0.3, 0.4) is 0 Å². The summed E-state index contributed by atoms with van der Waals surface area (Å²) >= 11 is 1.57. The van der Waals surface area contributed by atoms with Gasteiger partial charge in [0.15, 0.2) is 10.9 Å². The fourth-order valence-corrected chi connectivity index (χ4v) is 3.27. The number of hydrogen-bond donors (Lipinski definition) is 2. The Morgan fingerprint density at radius 3 is 2.71 bits per heavy atom. The van der Waals surface area contributed by atoms with Gasteiger partial charge in [-0.3, -0.25) is 4.79 Å². The van der Waals surface area contributed by atoms with Crippen molar-refractivity contribution >= 4 is 48.2 Å². The maximum Gasteiger partial charge on any atom is 0.291 e. The number of aromatic nitrogens is 2. The molecule has 28 heavy (non-hydrogen) atoms. The molecular weight excluding hydrogens is 419 g/mol. The number of benzene rings is 1. The molecule has 2 N–H and O–H groups in total. The van der Waals surface area contributed by atoms with Gasteiger partial charge < -0.3 is 19.6 Å². The summed E-state index contributed by atoms with van der Waals surface area (Å²) in [6, 6.07) is 11.3. The van der Waals surface area contributed by atoms with Crippen LogP contribution in [0, 0.1) is 0 Å². The summed E-state index contributed by atoms with van der Waals surface area (Å²) in [5.41, 5.74) is 1.83. The van der Waals surface area contributed by atoms with Crippen molar-refractivity contribution in [2.45, 2.75) is 24.4 Å². The molecule has 2 aromatic heterocycles. The van der Waals surface area contributed by atoms with E-state index in [2.05, 4.69) is 22.5 Å². The Kier molecular flexibility index (Phi) is 10.2. The molecule has 152 valence electrons. The molecule has 9 heteroatoms. The average molecular weight is 443 g/mol. The molecule has 0 bridgehead atoms. The first-order valence-corrected chi connectivity index (χ1v) is 9.44. The third-order valence-electron chi connectivity index (χ3n) is 3.84. The highest BCUT2D eigenvalue weighted by molar-refractivity contribution is 7.98. The number of aryl methyl sites for hydroxylation is 1. The summed E-state index contributed by atoms with van der Waals surface area (Å²) in [6.45, 7) is 3.63. The second-order valence-electron chi connectivity index (χ2n) is 5.77. The highest BCUT2D eigenvalue weighted by atomic mass is 35.5. The van der Waals surface area contributed by atoms with E-state index in [4.69, 9.17) is 4.42 Å². The van der Waals surface area contributed by atoms with Crippen LogP contribution < -0.4 is 10.6 Å². The molecular formula is C19H24Cl2N4O2S. The van der Waals surface area contributed by atoms with Gasteiger partial charge in [-0.2, -0.15) is 0 Å². The molecule has 0 saturated heterocycles. The van der Waals surface area contributed by atoms with Crippen molar-refractivity contribution in [1.82, 2.24) is 14.9 Å². The fourth-order valence-electron chi connectivity index (χ4n) is 2.44. The van der Waals surface area contributed by atoms with Gasteiger partial charge in [0.1, 0.15) is 5.76 Å². The first-order chi connectivity index (χ1) is 12.7. The number of carbonyl (C=O) groups is 1. The van der Waals surface area contributed by atoms with E-state index in [-0.39, 0.29) is 30.7 Å². The zero-order chi connectivity index (χ0) is 18.4. The Labute approximate surface area is 181 Å². The third kappa shape index (κ3) is 6.31. The summed E-state index contributed by atoms with van der Waals surface area (Å²) in [5, 5.41) is 7.11. The molecule has 0 radical (unpaired) electrons. The normalized spacial score (nSPS) is 10.1. The Balaban J connectivity index is 0.00000196. The van der Waals surface area contributed by atoms with Gasteiger partial charge in [0.2, 0.25) is 0 Å². The van der Waals surface area contributed by atoms with E-state index in [0.717, 1.165) is 28.7 Å². The molecule has 0 aliphatic rings. The van der Waals surface area contributed by atoms with E-state index in [0.29, 0.717) is 18.1 Å². The SMILES string of the molecule is CCNCc1ccccc1NC(=O)c1ccc(CSc2nccn2C)o1.Cl.Cl. The summed E-state index contributed by atoms with van der Waals surface area (Å²) < 4.78 is 7.64. The molecule has 0 saturated carbocycles. The number of imidazole rings is 1. The van der Waals surface area contributed by atoms with Crippen LogP contribution in [0.25, 0.3) is 0 Å². The third-order valence-corrected chi connectivity index (χ3v) is 4.92. The van der Waals surface area contributed by atoms with Gasteiger partial charge >= 0.3 is 0 Å². The molecule has 0 fully saturated rings. The van der Waals surface area contributed by atoms with Crippen LogP contribution in [0.15, 0.2) is 58.4 Å². The Morgan fingerprint density at radius 1 is 1.21 bits per heavy atom. The van der Waals surface area contributed by atoms with Crippen LogP contribution in [0.1, 0.15) is 28.8 Å². The topological polar surface area (TPSA) is 72.1 Å². The number of rotatable bonds is 8. The van der Waals surface area contributed by atoms with Gasteiger partial charge in [-0.25, -0.2) is 4.98 Å². The number of furan rings is 1. The van der Waals surface area contributed by atoms with Crippen LogP contribution >= 0.6 is 36.6 Å². The lowest BCUT2D eigenvalue weighted by molar-refractivity contribution is 0.0995. The van der Waals surface area contributed by atoms with Crippen molar-refractivity contribution in [3.8, 4) is 0 Å². The maximum atomic E-state index is 12.5. The van der Waals surface area contributed by atoms with Gasteiger partial charge in [-0.15, -0.1) is 24.8 Å². The maximum absolute atomic E-state index is 12.5. The van der Waals surface area contributed by atoms with Crippen LogP contribution in [-0.2, 0) is 19.3 Å². The van der Waals surface area contributed by atoms with Gasteiger partial charge in [-0.05, 0) is 30.3 Å². The Bertz CT molecular complexity index is 882. The van der Waals surface area contributed by atoms with Crippen molar-refractivity contribution in [1.29, 1.82) is 0 Å². The minimum atomic E-state index is -0.248. The van der Waals surface area contributed by atoms with Gasteiger partial charge in [-0.1, -0.05) is 36.9 Å². The standard InChI is InChI=1S/C19H22N4O2S.2ClH/c1-3-20-12-14-6-4-5-7-16(14)22-18(24)17-9-8-15(25-17)13-26-19-21-10-11-23(19)2;;/h4-11,20H,3,12-13H2,1-2H3,(H,22,24);2*1H. The number of nitrogens with one attached hydrogen (secondary N) is 2. The van der Waals surface area contributed by atoms with E-state index in [1.807, 2.05) is 48.1 Å². The van der Waals surface area contributed by atoms with E-state index in [9.17, 15) is 4.79 Å². The molecule has 6 nitrogen and oxygen atoms in total. The zero-order valence-electron chi connectivity index (χ0n) is 15.7. The number of carbonyl (C=O) groups excluding carboxylic acids is 1. The molecule has 1 aromatic carbocycles. The molecule has 1 amide bonds. The highest BCUT2D eigenvalue weighted by Crippen LogP contribution is 2.23. The van der Waals surface area contributed by atoms with E-state index in [1.165, 1.54) is 0 Å². The van der Waals surface area contributed by atoms with Crippen molar-refractivity contribution in [3.05, 3.63) is 65.9 Å². The number of nitrogens with zero attached hydrogens (tertiary/aromatic N) is 2. The number of anilines is 1. The number of amides is 1. The number of halogens is 2. The number of para-hydroxylation sites is 1. The van der Waals surface area contributed by atoms with Gasteiger partial charge in [0, 0.05) is 31.7 Å². The van der Waals surface area contributed by atoms with Crippen LogP contribution in [-0.4, -0.2) is 22.0 Å². The molecule has 0 aliphatic heterocycles. The second kappa shape index (κ2) is 11.8. The average Bonchev–Trinajstić information content (AvgIpc) is 3.28. The van der Waals surface area contributed by atoms with Crippen molar-refractivity contribution in [3.63, 3.8) is 0 Å². The summed E-state index contributed by atoms with van der Waals surface area (Å²) in [6.07, 6.45) is 3.66. The fraction of sp³-hybridized carbons (Fsp3) is 0.263. The first kappa shape index (κ1) is 24.1. The largest absolute Gasteiger partial charge is 0.455 e. The zero-order valence-corrected chi connectivity index (χ0v) is 18.1. The molecule has 0 spiro atoms. The van der Waals surface area contributed by atoms with E-state index >= 15 is 0 Å². The van der Waals surface area contributed by atoms with Crippen molar-refractivity contribution in [2.24, 2.45) is 7.05 Å². The highest BCUT2D eigenvalue weighted by Gasteiger charge is 2.14. The lowest BCUT2D eigenvalue weighted by atomic mass is 10.1. The van der Waals surface area contributed by atoms with Crippen LogP contribution in [0.5, 0.6) is 0 Å². The summed E-state index contributed by atoms with van der Waals surface area (Å²) in [7, 11) is 1.95. The van der Waals surface area contributed by atoms with Gasteiger partial charge in [0.05, 0.1) is 5.75 Å². The summed E-state index contributed by atoms with van der Waals surface area (Å²) in [5.74, 6) is 1.42. The van der Waals surface area contributed by atoms with Gasteiger partial charge in [0.25, 0.3) is 5.91 Å². The van der Waals surface area contributed by atoms with E-state index in [1.54, 1.807) is 24.0 Å². The van der Waals surface area contributed by atoms with Crippen molar-refractivity contribution in [2.75, 3.05) is 11.9 Å².